The van der Waals surface area contributed by atoms with Gasteiger partial charge >= 0.3 is 0 Å². The summed E-state index contributed by atoms with van der Waals surface area (Å²) in [5.41, 5.74) is 4.92. The van der Waals surface area contributed by atoms with Crippen LogP contribution >= 0.6 is 23.2 Å². The van der Waals surface area contributed by atoms with E-state index in [1.54, 1.807) is 0 Å². The molecule has 1 unspecified atom stereocenters. The van der Waals surface area contributed by atoms with Crippen molar-refractivity contribution in [1.82, 2.24) is 20.0 Å². The molecule has 1 N–H and O–H groups in total. The number of nitrogens with one attached hydrogen (secondary N) is 1. The van der Waals surface area contributed by atoms with E-state index in [-0.39, 0.29) is 12.2 Å². The van der Waals surface area contributed by atoms with Gasteiger partial charge in [0, 0.05) is 67.6 Å². The van der Waals surface area contributed by atoms with Gasteiger partial charge in [-0.05, 0) is 80.5 Å². The van der Waals surface area contributed by atoms with E-state index >= 15 is 0 Å². The Bertz CT molecular complexity index is 1270. The molecule has 238 valence electrons. The minimum absolute atomic E-state index is 0.164. The summed E-state index contributed by atoms with van der Waals surface area (Å²) in [6, 6.07) is 25.3. The van der Waals surface area contributed by atoms with Gasteiger partial charge in [-0.2, -0.15) is 0 Å². The van der Waals surface area contributed by atoms with Crippen LogP contribution in [0.1, 0.15) is 49.9 Å². The van der Waals surface area contributed by atoms with Crippen LogP contribution in [0.15, 0.2) is 77.8 Å². The summed E-state index contributed by atoms with van der Waals surface area (Å²) in [5, 5.41) is 5.29. The molecule has 5 rings (SSSR count). The topological polar surface area (TPSA) is 37.4 Å². The third kappa shape index (κ3) is 9.69. The first kappa shape index (κ1) is 34.3. The van der Waals surface area contributed by atoms with Crippen LogP contribution in [0, 0.1) is 5.92 Å². The van der Waals surface area contributed by atoms with Crippen molar-refractivity contribution >= 4 is 34.7 Å². The fourth-order valence-electron chi connectivity index (χ4n) is 5.71. The summed E-state index contributed by atoms with van der Waals surface area (Å²) in [5.74, 6) is 1.85. The second kappa shape index (κ2) is 16.6. The van der Waals surface area contributed by atoms with Gasteiger partial charge in [0.05, 0.1) is 6.04 Å². The molecular formula is C36H50Cl2N6. The van der Waals surface area contributed by atoms with E-state index in [9.17, 15) is 0 Å². The smallest absolute Gasteiger partial charge is 0.132 e. The molecule has 2 aliphatic heterocycles. The predicted molar refractivity (Wildman–Crippen MR) is 190 cm³/mol. The Morgan fingerprint density at radius 2 is 1.39 bits per heavy atom. The molecule has 0 bridgehead atoms. The maximum absolute atomic E-state index is 6.22. The van der Waals surface area contributed by atoms with Gasteiger partial charge in [-0.1, -0.05) is 80.4 Å². The maximum Gasteiger partial charge on any atom is 0.132 e. The number of likely N-dealkylation sites (N-methyl/N-ethyl adjacent to an activating group) is 1. The summed E-state index contributed by atoms with van der Waals surface area (Å²) in [6.07, 6.45) is 1.21. The van der Waals surface area contributed by atoms with Gasteiger partial charge in [0.2, 0.25) is 0 Å². The van der Waals surface area contributed by atoms with Crippen molar-refractivity contribution < 1.29 is 0 Å². The SMILES string of the molecule is CC(C)C.CN(C)CCCN=C1NC(CN2CCN(C(c3ccc(Cl)cc3)c3ccc(Cl)cc3)CC2)N(C)c2ccccc21. The molecule has 0 amide bonds. The van der Waals surface area contributed by atoms with Crippen LogP contribution in [0.3, 0.4) is 0 Å². The standard InChI is InChI=1S/C32H40Cl2N6.C4H10/c1-37(2)18-6-17-35-32-28-7-4-5-8-29(28)38(3)30(36-32)23-39-19-21-40(22-20-39)31(24-9-13-26(33)14-10-24)25-11-15-27(34)16-12-25;1-4(2)3/h4-5,7-16,30-31H,6,17-23H2,1-3H3,(H,35,36);4H,1-3H3. The fraction of sp³-hybridized carbons (Fsp3) is 0.472. The Hall–Kier alpha value is -2.61. The van der Waals surface area contributed by atoms with Gasteiger partial charge in [0.25, 0.3) is 0 Å². The lowest BCUT2D eigenvalue weighted by Crippen LogP contribution is -2.59. The number of rotatable bonds is 9. The third-order valence-corrected chi connectivity index (χ3v) is 8.42. The van der Waals surface area contributed by atoms with E-state index in [4.69, 9.17) is 28.2 Å². The van der Waals surface area contributed by atoms with Crippen LogP contribution in [0.5, 0.6) is 0 Å². The molecule has 2 aliphatic rings. The van der Waals surface area contributed by atoms with Gasteiger partial charge in [0.1, 0.15) is 12.0 Å². The van der Waals surface area contributed by atoms with Crippen molar-refractivity contribution in [3.8, 4) is 0 Å². The minimum Gasteiger partial charge on any atom is -0.353 e. The summed E-state index contributed by atoms with van der Waals surface area (Å²) >= 11 is 12.4. The van der Waals surface area contributed by atoms with E-state index in [1.807, 2.05) is 24.3 Å². The van der Waals surface area contributed by atoms with Gasteiger partial charge < -0.3 is 15.1 Å². The highest BCUT2D eigenvalue weighted by atomic mass is 35.5. The average molecular weight is 638 g/mol. The van der Waals surface area contributed by atoms with E-state index in [0.717, 1.165) is 74.0 Å². The van der Waals surface area contributed by atoms with Crippen molar-refractivity contribution in [3.63, 3.8) is 0 Å². The predicted octanol–water partition coefficient (Wildman–Crippen LogP) is 7.13. The van der Waals surface area contributed by atoms with E-state index in [0.29, 0.717) is 0 Å². The Labute approximate surface area is 275 Å². The molecule has 2 heterocycles. The first-order valence-corrected chi connectivity index (χ1v) is 16.6. The molecule has 3 aromatic rings. The van der Waals surface area contributed by atoms with Gasteiger partial charge in [0.15, 0.2) is 0 Å². The highest BCUT2D eigenvalue weighted by Gasteiger charge is 2.31. The Balaban J connectivity index is 0.00000104. The molecule has 44 heavy (non-hydrogen) atoms. The zero-order chi connectivity index (χ0) is 31.6. The number of piperazine rings is 1. The number of para-hydroxylation sites is 1. The number of nitrogens with zero attached hydrogens (tertiary/aromatic N) is 5. The number of hydrogen-bond acceptors (Lipinski definition) is 5. The lowest BCUT2D eigenvalue weighted by molar-refractivity contribution is 0.103. The molecule has 0 radical (unpaired) electrons. The summed E-state index contributed by atoms with van der Waals surface area (Å²) in [4.78, 5) is 14.7. The molecule has 0 saturated carbocycles. The normalized spacial score (nSPS) is 18.4. The molecule has 0 aromatic heterocycles. The summed E-state index contributed by atoms with van der Waals surface area (Å²) in [6.45, 7) is 13.3. The van der Waals surface area contributed by atoms with E-state index in [2.05, 4.69) is 115 Å². The van der Waals surface area contributed by atoms with Crippen LogP contribution in [0.4, 0.5) is 5.69 Å². The van der Waals surface area contributed by atoms with Crippen LogP contribution in [0.2, 0.25) is 10.0 Å². The number of benzene rings is 3. The molecular weight excluding hydrogens is 587 g/mol. The largest absolute Gasteiger partial charge is 0.353 e. The van der Waals surface area contributed by atoms with E-state index < -0.39 is 0 Å². The molecule has 1 fully saturated rings. The zero-order valence-electron chi connectivity index (χ0n) is 27.3. The first-order chi connectivity index (χ1) is 21.1. The van der Waals surface area contributed by atoms with Crippen LogP contribution < -0.4 is 10.2 Å². The highest BCUT2D eigenvalue weighted by Crippen LogP contribution is 2.32. The lowest BCUT2D eigenvalue weighted by Gasteiger charge is -2.44. The number of halogens is 2. The second-order valence-corrected chi connectivity index (χ2v) is 13.6. The molecule has 1 atom stereocenters. The quantitative estimate of drug-likeness (QED) is 0.253. The zero-order valence-corrected chi connectivity index (χ0v) is 28.8. The fourth-order valence-corrected chi connectivity index (χ4v) is 5.96. The molecule has 3 aromatic carbocycles. The summed E-state index contributed by atoms with van der Waals surface area (Å²) in [7, 11) is 6.41. The monoisotopic (exact) mass is 636 g/mol. The number of aliphatic imine (C=N–C) groups is 1. The van der Waals surface area contributed by atoms with Gasteiger partial charge in [-0.3, -0.25) is 14.8 Å². The van der Waals surface area contributed by atoms with Gasteiger partial charge in [-0.25, -0.2) is 0 Å². The number of anilines is 1. The molecule has 8 heteroatoms. The van der Waals surface area contributed by atoms with E-state index in [1.165, 1.54) is 22.4 Å². The molecule has 0 spiro atoms. The molecule has 6 nitrogen and oxygen atoms in total. The molecule has 0 aliphatic carbocycles. The first-order valence-electron chi connectivity index (χ1n) is 15.9. The van der Waals surface area contributed by atoms with Crippen molar-refractivity contribution in [2.24, 2.45) is 10.9 Å². The number of fused-ring (bicyclic) bond motifs is 1. The third-order valence-electron chi connectivity index (χ3n) is 7.92. The van der Waals surface area contributed by atoms with Crippen molar-refractivity contribution in [2.45, 2.75) is 39.4 Å². The Morgan fingerprint density at radius 1 is 0.841 bits per heavy atom. The Morgan fingerprint density at radius 3 is 1.93 bits per heavy atom. The van der Waals surface area contributed by atoms with Crippen LogP contribution in [-0.2, 0) is 0 Å². The van der Waals surface area contributed by atoms with Crippen LogP contribution in [0.25, 0.3) is 0 Å². The highest BCUT2D eigenvalue weighted by molar-refractivity contribution is 6.30. The van der Waals surface area contributed by atoms with Gasteiger partial charge in [-0.15, -0.1) is 0 Å². The lowest BCUT2D eigenvalue weighted by atomic mass is 9.96. The number of amidine groups is 1. The average Bonchev–Trinajstić information content (AvgIpc) is 3.00. The van der Waals surface area contributed by atoms with Crippen molar-refractivity contribution in [2.75, 3.05) is 71.9 Å². The van der Waals surface area contributed by atoms with Crippen molar-refractivity contribution in [3.05, 3.63) is 99.5 Å². The van der Waals surface area contributed by atoms with Crippen molar-refractivity contribution in [1.29, 1.82) is 0 Å². The number of hydrogen-bond donors (Lipinski definition) is 1. The summed E-state index contributed by atoms with van der Waals surface area (Å²) < 4.78 is 0. The second-order valence-electron chi connectivity index (χ2n) is 12.7. The Kier molecular flexibility index (Phi) is 13.0. The maximum atomic E-state index is 6.22. The molecule has 1 saturated heterocycles. The van der Waals surface area contributed by atoms with Crippen LogP contribution in [-0.4, -0.2) is 93.7 Å². The minimum atomic E-state index is 0.164.